The molecule has 2 aliphatic rings. The number of fused-ring (bicyclic) bond motifs is 3. The minimum atomic E-state index is -0.308. The molecule has 1 aromatic heterocycles. The predicted octanol–water partition coefficient (Wildman–Crippen LogP) is 5.80. The Morgan fingerprint density at radius 2 is 1.85 bits per heavy atom. The smallest absolute Gasteiger partial charge is 0.221 e. The van der Waals surface area contributed by atoms with Crippen molar-refractivity contribution >= 4 is 0 Å². The molecule has 144 valence electrons. The van der Waals surface area contributed by atoms with Crippen LogP contribution in [0.4, 0.5) is 0 Å². The number of benzene rings is 1. The molecule has 1 aliphatic heterocycles. The highest BCUT2D eigenvalue weighted by Gasteiger charge is 2.48. The van der Waals surface area contributed by atoms with Crippen molar-refractivity contribution in [3.63, 3.8) is 0 Å². The Bertz CT molecular complexity index is 841. The normalized spacial score (nSPS) is 26.6. The first-order valence-electron chi connectivity index (χ1n) is 10.2. The molecule has 0 spiro atoms. The molecule has 1 aliphatic carbocycles. The number of hydrogen-bond acceptors (Lipinski definition) is 3. The minimum Gasteiger partial charge on any atom is -0.507 e. The molecule has 3 nitrogen and oxygen atoms in total. The predicted molar refractivity (Wildman–Crippen MR) is 108 cm³/mol. The van der Waals surface area contributed by atoms with Gasteiger partial charge in [0.2, 0.25) is 5.88 Å². The highest BCUT2D eigenvalue weighted by atomic mass is 16.5. The molecular weight excluding hydrogens is 334 g/mol. The number of aromatic hydroxyl groups is 1. The summed E-state index contributed by atoms with van der Waals surface area (Å²) in [6.45, 7) is 11.0. The van der Waals surface area contributed by atoms with Crippen molar-refractivity contribution in [2.45, 2.75) is 70.8 Å². The molecule has 1 N–H and O–H groups in total. The number of nitrogens with zero attached hydrogens (tertiary/aromatic N) is 1. The summed E-state index contributed by atoms with van der Waals surface area (Å²) in [5, 5.41) is 11.0. The van der Waals surface area contributed by atoms with Gasteiger partial charge in [0, 0.05) is 17.4 Å². The lowest BCUT2D eigenvalue weighted by Crippen LogP contribution is -2.47. The average Bonchev–Trinajstić information content (AvgIpc) is 2.61. The number of aromatic nitrogens is 1. The lowest BCUT2D eigenvalue weighted by atomic mass is 9.64. The van der Waals surface area contributed by atoms with Gasteiger partial charge in [0.1, 0.15) is 11.4 Å². The first kappa shape index (κ1) is 18.3. The van der Waals surface area contributed by atoms with Gasteiger partial charge in [-0.3, -0.25) is 0 Å². The Morgan fingerprint density at radius 1 is 1.15 bits per heavy atom. The fourth-order valence-corrected chi connectivity index (χ4v) is 5.12. The van der Waals surface area contributed by atoms with Crippen molar-refractivity contribution < 1.29 is 9.84 Å². The van der Waals surface area contributed by atoms with Crippen LogP contribution in [-0.4, -0.2) is 15.7 Å². The molecule has 1 aromatic carbocycles. The van der Waals surface area contributed by atoms with Crippen LogP contribution in [-0.2, 0) is 5.41 Å². The van der Waals surface area contributed by atoms with E-state index in [9.17, 15) is 5.11 Å². The highest BCUT2D eigenvalue weighted by Crippen LogP contribution is 2.55. The van der Waals surface area contributed by atoms with Crippen LogP contribution >= 0.6 is 0 Å². The maximum absolute atomic E-state index is 11.0. The number of pyridine rings is 1. The van der Waals surface area contributed by atoms with Crippen LogP contribution in [0.15, 0.2) is 36.4 Å². The molecule has 1 saturated carbocycles. The summed E-state index contributed by atoms with van der Waals surface area (Å²) in [4.78, 5) is 4.95. The zero-order chi connectivity index (χ0) is 19.4. The molecule has 0 radical (unpaired) electrons. The van der Waals surface area contributed by atoms with Crippen molar-refractivity contribution in [1.29, 1.82) is 0 Å². The van der Waals surface area contributed by atoms with Gasteiger partial charge in [-0.05, 0) is 44.1 Å². The van der Waals surface area contributed by atoms with Gasteiger partial charge in [-0.15, -0.1) is 0 Å². The van der Waals surface area contributed by atoms with Crippen LogP contribution in [0.1, 0.15) is 76.6 Å². The molecule has 27 heavy (non-hydrogen) atoms. The number of rotatable bonds is 2. The van der Waals surface area contributed by atoms with E-state index in [1.807, 2.05) is 24.3 Å². The van der Waals surface area contributed by atoms with Gasteiger partial charge in [-0.25, -0.2) is 4.98 Å². The maximum Gasteiger partial charge on any atom is 0.221 e. The number of ether oxygens (including phenoxy) is 1. The molecule has 1 fully saturated rings. The summed E-state index contributed by atoms with van der Waals surface area (Å²) in [5.74, 6) is 2.41. The van der Waals surface area contributed by atoms with E-state index < -0.39 is 0 Å². The van der Waals surface area contributed by atoms with E-state index in [0.29, 0.717) is 29.4 Å². The van der Waals surface area contributed by atoms with Crippen molar-refractivity contribution in [2.75, 3.05) is 0 Å². The first-order chi connectivity index (χ1) is 12.7. The van der Waals surface area contributed by atoms with Gasteiger partial charge in [0.15, 0.2) is 0 Å². The topological polar surface area (TPSA) is 42.4 Å². The summed E-state index contributed by atoms with van der Waals surface area (Å²) in [6.07, 6.45) is 3.48. The van der Waals surface area contributed by atoms with Crippen molar-refractivity contribution in [3.05, 3.63) is 53.2 Å². The van der Waals surface area contributed by atoms with E-state index in [4.69, 9.17) is 9.72 Å². The number of hydrogen-bond donors (Lipinski definition) is 1. The fraction of sp³-hybridized carbons (Fsp3) is 0.542. The zero-order valence-electron chi connectivity index (χ0n) is 17.1. The van der Waals surface area contributed by atoms with Gasteiger partial charge in [-0.1, -0.05) is 57.5 Å². The fourth-order valence-electron chi connectivity index (χ4n) is 5.12. The van der Waals surface area contributed by atoms with Crippen molar-refractivity contribution in [2.24, 2.45) is 11.8 Å². The summed E-state index contributed by atoms with van der Waals surface area (Å²) >= 11 is 0. The van der Waals surface area contributed by atoms with Crippen LogP contribution in [0.25, 0.3) is 0 Å². The summed E-state index contributed by atoms with van der Waals surface area (Å²) < 4.78 is 6.41. The molecule has 1 unspecified atom stereocenters. The lowest BCUT2D eigenvalue weighted by molar-refractivity contribution is -0.0189. The molecule has 0 amide bonds. The van der Waals surface area contributed by atoms with E-state index in [0.717, 1.165) is 24.1 Å². The Hall–Kier alpha value is -2.03. The van der Waals surface area contributed by atoms with E-state index in [-0.39, 0.29) is 11.0 Å². The molecule has 4 rings (SSSR count). The summed E-state index contributed by atoms with van der Waals surface area (Å²) in [7, 11) is 0. The second-order valence-corrected chi connectivity index (χ2v) is 9.57. The Labute approximate surface area is 162 Å². The SMILES string of the molecule is C[C@H]1CCC2[C@H](C1)c1c(O)cc(C(C)(C)c3ccccc3)nc1OC2(C)C. The van der Waals surface area contributed by atoms with E-state index in [1.54, 1.807) is 0 Å². The van der Waals surface area contributed by atoms with Crippen LogP contribution in [0.2, 0.25) is 0 Å². The molecular formula is C24H31NO2. The van der Waals surface area contributed by atoms with Crippen LogP contribution in [0.5, 0.6) is 11.6 Å². The van der Waals surface area contributed by atoms with Gasteiger partial charge in [0.25, 0.3) is 0 Å². The molecule has 0 bridgehead atoms. The quantitative estimate of drug-likeness (QED) is 0.731. The molecule has 2 heterocycles. The van der Waals surface area contributed by atoms with E-state index in [2.05, 4.69) is 46.8 Å². The monoisotopic (exact) mass is 365 g/mol. The Balaban J connectivity index is 1.82. The Morgan fingerprint density at radius 3 is 2.56 bits per heavy atom. The molecule has 0 saturated heterocycles. The summed E-state index contributed by atoms with van der Waals surface area (Å²) in [5.41, 5.74) is 2.39. The Kier molecular flexibility index (Phi) is 4.25. The van der Waals surface area contributed by atoms with E-state index in [1.165, 1.54) is 12.0 Å². The average molecular weight is 366 g/mol. The van der Waals surface area contributed by atoms with Crippen molar-refractivity contribution in [3.8, 4) is 11.6 Å². The van der Waals surface area contributed by atoms with Gasteiger partial charge >= 0.3 is 0 Å². The van der Waals surface area contributed by atoms with Crippen molar-refractivity contribution in [1.82, 2.24) is 4.98 Å². The van der Waals surface area contributed by atoms with Gasteiger partial charge in [-0.2, -0.15) is 0 Å². The largest absolute Gasteiger partial charge is 0.507 e. The molecule has 2 aromatic rings. The molecule has 3 heteroatoms. The minimum absolute atomic E-state index is 0.257. The van der Waals surface area contributed by atoms with Crippen LogP contribution in [0.3, 0.4) is 0 Å². The standard InChI is InChI=1S/C24H31NO2/c1-15-11-12-18-17(13-15)21-19(26)14-20(25-22(21)27-24(18,4)5)23(2,3)16-9-7-6-8-10-16/h6-10,14-15,17-18H,11-13H2,1-5H3,(H,25,26)/t15-,17-,18?/m0/s1. The van der Waals surface area contributed by atoms with Gasteiger partial charge < -0.3 is 9.84 Å². The second-order valence-electron chi connectivity index (χ2n) is 9.57. The van der Waals surface area contributed by atoms with Gasteiger partial charge in [0.05, 0.1) is 11.3 Å². The third kappa shape index (κ3) is 3.01. The zero-order valence-corrected chi connectivity index (χ0v) is 17.1. The molecule has 3 atom stereocenters. The van der Waals surface area contributed by atoms with Crippen LogP contribution in [0, 0.1) is 11.8 Å². The second kappa shape index (κ2) is 6.25. The highest BCUT2D eigenvalue weighted by molar-refractivity contribution is 5.49. The van der Waals surface area contributed by atoms with Crippen LogP contribution < -0.4 is 4.74 Å². The first-order valence-corrected chi connectivity index (χ1v) is 10.2. The lowest BCUT2D eigenvalue weighted by Gasteiger charge is -2.48. The summed E-state index contributed by atoms with van der Waals surface area (Å²) in [6, 6.07) is 12.2. The third-order valence-corrected chi connectivity index (χ3v) is 6.87. The van der Waals surface area contributed by atoms with E-state index >= 15 is 0 Å². The third-order valence-electron chi connectivity index (χ3n) is 6.87. The maximum atomic E-state index is 11.0.